The summed E-state index contributed by atoms with van der Waals surface area (Å²) in [5, 5.41) is 2.95. The van der Waals surface area contributed by atoms with E-state index in [1.54, 1.807) is 14.2 Å². The van der Waals surface area contributed by atoms with Crippen LogP contribution in [0, 0.1) is 0 Å². The van der Waals surface area contributed by atoms with Crippen molar-refractivity contribution in [2.45, 2.75) is 0 Å². The summed E-state index contributed by atoms with van der Waals surface area (Å²) < 4.78 is 19.9. The van der Waals surface area contributed by atoms with Crippen LogP contribution in [0.15, 0.2) is 0 Å². The second-order valence-corrected chi connectivity index (χ2v) is 2.34. The maximum Gasteiger partial charge on any atom is 0.0983 e. The van der Waals surface area contributed by atoms with Crippen molar-refractivity contribution >= 4 is 0 Å². The van der Waals surface area contributed by atoms with Crippen molar-refractivity contribution in [1.82, 2.24) is 5.32 Å². The molecule has 0 amide bonds. The summed E-state index contributed by atoms with van der Waals surface area (Å²) in [5.41, 5.74) is 0. The average Bonchev–Trinajstić information content (AvgIpc) is 2.16. The van der Waals surface area contributed by atoms with E-state index >= 15 is 0 Å². The van der Waals surface area contributed by atoms with Gasteiger partial charge in [-0.05, 0) is 0 Å². The second-order valence-electron chi connectivity index (χ2n) is 2.34. The summed E-state index contributed by atoms with van der Waals surface area (Å²) in [5.74, 6) is 0. The van der Waals surface area contributed by atoms with Gasteiger partial charge in [-0.15, -0.1) is 0 Å². The average molecular weight is 193 g/mol. The Morgan fingerprint density at radius 1 is 0.769 bits per heavy atom. The van der Waals surface area contributed by atoms with Crippen molar-refractivity contribution < 1.29 is 18.9 Å². The van der Waals surface area contributed by atoms with E-state index in [1.165, 1.54) is 0 Å². The van der Waals surface area contributed by atoms with Crippen LogP contribution < -0.4 is 5.32 Å². The highest BCUT2D eigenvalue weighted by Crippen LogP contribution is 1.75. The third-order valence-corrected chi connectivity index (χ3v) is 1.27. The van der Waals surface area contributed by atoms with Crippen LogP contribution in [0.5, 0.6) is 0 Å². The zero-order chi connectivity index (χ0) is 9.78. The molecule has 5 nitrogen and oxygen atoms in total. The normalized spacial score (nSPS) is 10.6. The summed E-state index contributed by atoms with van der Waals surface area (Å²) in [6.07, 6.45) is 0. The molecule has 0 rings (SSSR count). The number of methoxy groups -OCH3 is 2. The van der Waals surface area contributed by atoms with Crippen molar-refractivity contribution in [2.24, 2.45) is 0 Å². The Bertz CT molecular complexity index is 82.2. The van der Waals surface area contributed by atoms with Crippen molar-refractivity contribution in [3.05, 3.63) is 0 Å². The smallest absolute Gasteiger partial charge is 0.0983 e. The fourth-order valence-corrected chi connectivity index (χ4v) is 0.615. The van der Waals surface area contributed by atoms with E-state index in [0.29, 0.717) is 39.9 Å². The first kappa shape index (κ1) is 12.8. The maximum absolute atomic E-state index is 5.13. The number of hydrogen-bond donors (Lipinski definition) is 1. The molecule has 13 heavy (non-hydrogen) atoms. The minimum Gasteiger partial charge on any atom is -0.382 e. The molecule has 80 valence electrons. The van der Waals surface area contributed by atoms with Gasteiger partial charge in [0.15, 0.2) is 0 Å². The Morgan fingerprint density at radius 3 is 1.62 bits per heavy atom. The molecule has 0 atom stereocenters. The lowest BCUT2D eigenvalue weighted by Crippen LogP contribution is -2.23. The van der Waals surface area contributed by atoms with Gasteiger partial charge in [-0.25, -0.2) is 0 Å². The summed E-state index contributed by atoms with van der Waals surface area (Å²) >= 11 is 0. The molecular weight excluding hydrogens is 174 g/mol. The predicted molar refractivity (Wildman–Crippen MR) is 48.5 cm³/mol. The van der Waals surface area contributed by atoms with Gasteiger partial charge in [0.1, 0.15) is 0 Å². The molecule has 0 bridgehead atoms. The summed E-state index contributed by atoms with van der Waals surface area (Å²) in [6, 6.07) is 0. The standard InChI is InChI=1S/C8H19NO4/c1-10-3-5-12-7-9-8-13-6-4-11-2/h9H,3-8H2,1-2H3. The Kier molecular flexibility index (Phi) is 11.6. The van der Waals surface area contributed by atoms with Crippen molar-refractivity contribution in [3.8, 4) is 0 Å². The lowest BCUT2D eigenvalue weighted by Gasteiger charge is -2.06. The molecule has 0 aliphatic rings. The van der Waals surface area contributed by atoms with Crippen LogP contribution in [-0.2, 0) is 18.9 Å². The predicted octanol–water partition coefficient (Wildman–Crippen LogP) is -0.183. The molecule has 0 aromatic heterocycles. The molecular formula is C8H19NO4. The van der Waals surface area contributed by atoms with Crippen LogP contribution in [0.4, 0.5) is 0 Å². The van der Waals surface area contributed by atoms with Crippen LogP contribution in [0.25, 0.3) is 0 Å². The van der Waals surface area contributed by atoms with Crippen molar-refractivity contribution in [2.75, 3.05) is 54.1 Å². The maximum atomic E-state index is 5.13. The van der Waals surface area contributed by atoms with Crippen LogP contribution in [-0.4, -0.2) is 54.1 Å². The van der Waals surface area contributed by atoms with Gasteiger partial charge in [-0.3, -0.25) is 5.32 Å². The molecule has 1 N–H and O–H groups in total. The quantitative estimate of drug-likeness (QED) is 0.385. The van der Waals surface area contributed by atoms with Gasteiger partial charge in [0.2, 0.25) is 0 Å². The van der Waals surface area contributed by atoms with E-state index in [-0.39, 0.29) is 0 Å². The monoisotopic (exact) mass is 193 g/mol. The molecule has 0 fully saturated rings. The Labute approximate surface area is 79.3 Å². The first-order valence-corrected chi connectivity index (χ1v) is 4.26. The van der Waals surface area contributed by atoms with Crippen LogP contribution >= 0.6 is 0 Å². The lowest BCUT2D eigenvalue weighted by atomic mass is 10.8. The first-order chi connectivity index (χ1) is 6.41. The lowest BCUT2D eigenvalue weighted by molar-refractivity contribution is 0.0216. The van der Waals surface area contributed by atoms with Gasteiger partial charge in [0.05, 0.1) is 39.9 Å². The van der Waals surface area contributed by atoms with Gasteiger partial charge in [0.25, 0.3) is 0 Å². The molecule has 0 saturated carbocycles. The molecule has 0 radical (unpaired) electrons. The van der Waals surface area contributed by atoms with Crippen LogP contribution in [0.1, 0.15) is 0 Å². The number of nitrogens with one attached hydrogen (secondary N) is 1. The molecule has 0 spiro atoms. The van der Waals surface area contributed by atoms with Crippen molar-refractivity contribution in [1.29, 1.82) is 0 Å². The largest absolute Gasteiger partial charge is 0.382 e. The topological polar surface area (TPSA) is 49.0 Å². The van der Waals surface area contributed by atoms with E-state index in [9.17, 15) is 0 Å². The molecule has 0 unspecified atom stereocenters. The fourth-order valence-electron chi connectivity index (χ4n) is 0.615. The van der Waals surface area contributed by atoms with E-state index in [1.807, 2.05) is 0 Å². The molecule has 0 heterocycles. The Hall–Kier alpha value is -0.200. The highest BCUT2D eigenvalue weighted by Gasteiger charge is 1.88. The fraction of sp³-hybridized carbons (Fsp3) is 1.00. The third kappa shape index (κ3) is 11.8. The summed E-state index contributed by atoms with van der Waals surface area (Å²) in [6.45, 7) is 3.40. The zero-order valence-corrected chi connectivity index (χ0v) is 8.38. The van der Waals surface area contributed by atoms with E-state index < -0.39 is 0 Å². The van der Waals surface area contributed by atoms with Gasteiger partial charge >= 0.3 is 0 Å². The van der Waals surface area contributed by atoms with Gasteiger partial charge < -0.3 is 18.9 Å². The molecule has 0 saturated heterocycles. The summed E-state index contributed by atoms with van der Waals surface area (Å²) in [7, 11) is 3.29. The number of hydrogen-bond acceptors (Lipinski definition) is 5. The molecule has 5 heteroatoms. The molecule has 0 aromatic rings. The molecule has 0 aliphatic carbocycles. The number of ether oxygens (including phenoxy) is 4. The third-order valence-electron chi connectivity index (χ3n) is 1.27. The van der Waals surface area contributed by atoms with Crippen LogP contribution in [0.3, 0.4) is 0 Å². The first-order valence-electron chi connectivity index (χ1n) is 4.26. The Morgan fingerprint density at radius 2 is 1.23 bits per heavy atom. The zero-order valence-electron chi connectivity index (χ0n) is 8.38. The van der Waals surface area contributed by atoms with E-state index in [4.69, 9.17) is 18.9 Å². The number of rotatable bonds is 10. The summed E-state index contributed by atoms with van der Waals surface area (Å²) in [4.78, 5) is 0. The molecule has 0 aromatic carbocycles. The second kappa shape index (κ2) is 11.8. The highest BCUT2D eigenvalue weighted by atomic mass is 16.5. The van der Waals surface area contributed by atoms with Gasteiger partial charge in [-0.2, -0.15) is 0 Å². The highest BCUT2D eigenvalue weighted by molar-refractivity contribution is 4.30. The van der Waals surface area contributed by atoms with Gasteiger partial charge in [0, 0.05) is 14.2 Å². The molecule has 0 aliphatic heterocycles. The van der Waals surface area contributed by atoms with E-state index in [2.05, 4.69) is 5.32 Å². The minimum absolute atomic E-state index is 0.482. The van der Waals surface area contributed by atoms with Crippen LogP contribution in [0.2, 0.25) is 0 Å². The van der Waals surface area contributed by atoms with E-state index in [0.717, 1.165) is 0 Å². The SMILES string of the molecule is COCCOCNCOCCOC. The van der Waals surface area contributed by atoms with Crippen molar-refractivity contribution in [3.63, 3.8) is 0 Å². The Balaban J connectivity index is 2.76. The minimum atomic E-state index is 0.482. The van der Waals surface area contributed by atoms with Gasteiger partial charge in [-0.1, -0.05) is 0 Å².